The van der Waals surface area contributed by atoms with Crippen LogP contribution < -0.4 is 10.2 Å². The summed E-state index contributed by atoms with van der Waals surface area (Å²) in [6.07, 6.45) is 0. The fourth-order valence-electron chi connectivity index (χ4n) is 3.16. The number of carbonyl (C=O) groups is 3. The Balaban J connectivity index is 1.93. The topological polar surface area (TPSA) is 75.7 Å². The van der Waals surface area contributed by atoms with Crippen molar-refractivity contribution >= 4 is 23.4 Å². The summed E-state index contributed by atoms with van der Waals surface area (Å²) in [4.78, 5) is 39.3. The molecule has 6 nitrogen and oxygen atoms in total. The summed E-state index contributed by atoms with van der Waals surface area (Å²) in [5.41, 5.74) is 3.25. The number of nitrogens with zero attached hydrogens (tertiary/aromatic N) is 1. The summed E-state index contributed by atoms with van der Waals surface area (Å²) in [6.45, 7) is 5.97. The number of imide groups is 1. The molecule has 1 heterocycles. The van der Waals surface area contributed by atoms with Gasteiger partial charge in [-0.3, -0.25) is 14.4 Å². The number of rotatable bonds is 5. The molecule has 0 saturated heterocycles. The molecule has 1 aliphatic heterocycles. The van der Waals surface area contributed by atoms with Gasteiger partial charge >= 0.3 is 0 Å². The van der Waals surface area contributed by atoms with Gasteiger partial charge in [0.1, 0.15) is 0 Å². The van der Waals surface area contributed by atoms with E-state index in [9.17, 15) is 14.4 Å². The first-order valence-electron chi connectivity index (χ1n) is 8.73. The Bertz CT molecular complexity index is 936. The number of anilines is 1. The van der Waals surface area contributed by atoms with Crippen LogP contribution in [0.5, 0.6) is 0 Å². The van der Waals surface area contributed by atoms with Crippen molar-refractivity contribution in [2.45, 2.75) is 26.8 Å². The van der Waals surface area contributed by atoms with Crippen molar-refractivity contribution in [1.82, 2.24) is 5.32 Å². The van der Waals surface area contributed by atoms with Crippen LogP contribution in [0.3, 0.4) is 0 Å². The number of ether oxygens (including phenoxy) is 1. The van der Waals surface area contributed by atoms with E-state index < -0.39 is 5.91 Å². The van der Waals surface area contributed by atoms with E-state index in [-0.39, 0.29) is 23.4 Å². The molecule has 0 aromatic heterocycles. The van der Waals surface area contributed by atoms with Crippen LogP contribution in [0.1, 0.15) is 49.1 Å². The second kappa shape index (κ2) is 7.32. The van der Waals surface area contributed by atoms with E-state index in [0.717, 1.165) is 11.1 Å². The highest BCUT2D eigenvalue weighted by Gasteiger charge is 2.37. The lowest BCUT2D eigenvalue weighted by atomic mass is 10.1. The average Bonchev–Trinajstić information content (AvgIpc) is 2.88. The lowest BCUT2D eigenvalue weighted by Crippen LogP contribution is -2.35. The van der Waals surface area contributed by atoms with E-state index in [2.05, 4.69) is 5.32 Å². The van der Waals surface area contributed by atoms with Gasteiger partial charge in [-0.1, -0.05) is 12.1 Å². The quantitative estimate of drug-likeness (QED) is 0.826. The first-order chi connectivity index (χ1) is 12.8. The van der Waals surface area contributed by atoms with E-state index in [0.29, 0.717) is 23.4 Å². The van der Waals surface area contributed by atoms with Crippen molar-refractivity contribution in [3.8, 4) is 0 Å². The summed E-state index contributed by atoms with van der Waals surface area (Å²) in [6, 6.07) is 10.0. The van der Waals surface area contributed by atoms with Gasteiger partial charge in [-0.25, -0.2) is 4.90 Å². The maximum Gasteiger partial charge on any atom is 0.266 e. The number of amides is 3. The van der Waals surface area contributed by atoms with Crippen molar-refractivity contribution in [3.63, 3.8) is 0 Å². The molecular formula is C21H22N2O4. The van der Waals surface area contributed by atoms with Gasteiger partial charge < -0.3 is 10.1 Å². The molecule has 0 spiro atoms. The molecule has 0 saturated carbocycles. The van der Waals surface area contributed by atoms with Crippen molar-refractivity contribution < 1.29 is 19.1 Å². The number of carbonyl (C=O) groups excluding carboxylic acids is 3. The molecule has 0 bridgehead atoms. The SMILES string of the molecule is COCC(C)NC(=O)c1ccc2c(c1)C(=O)N(c1cc(C)ccc1C)C2=O. The van der Waals surface area contributed by atoms with E-state index in [1.165, 1.54) is 17.0 Å². The van der Waals surface area contributed by atoms with Crippen LogP contribution in [0.25, 0.3) is 0 Å². The molecule has 2 aromatic rings. The molecule has 0 fully saturated rings. The van der Waals surface area contributed by atoms with Gasteiger partial charge in [-0.15, -0.1) is 0 Å². The lowest BCUT2D eigenvalue weighted by molar-refractivity contribution is 0.0902. The Kier molecular flexibility index (Phi) is 5.10. The van der Waals surface area contributed by atoms with E-state index in [1.54, 1.807) is 13.2 Å². The van der Waals surface area contributed by atoms with E-state index >= 15 is 0 Å². The minimum absolute atomic E-state index is 0.167. The largest absolute Gasteiger partial charge is 0.383 e. The molecule has 1 aliphatic rings. The Morgan fingerprint density at radius 2 is 1.78 bits per heavy atom. The molecule has 0 radical (unpaired) electrons. The van der Waals surface area contributed by atoms with Gasteiger partial charge in [-0.05, 0) is 56.2 Å². The van der Waals surface area contributed by atoms with Crippen LogP contribution in [0.2, 0.25) is 0 Å². The number of methoxy groups -OCH3 is 1. The number of hydrogen-bond donors (Lipinski definition) is 1. The van der Waals surface area contributed by atoms with Gasteiger partial charge in [-0.2, -0.15) is 0 Å². The van der Waals surface area contributed by atoms with Crippen molar-refractivity contribution in [3.05, 3.63) is 64.2 Å². The second-order valence-electron chi connectivity index (χ2n) is 6.83. The minimum atomic E-state index is -0.414. The third kappa shape index (κ3) is 3.48. The smallest absolute Gasteiger partial charge is 0.266 e. The number of benzene rings is 2. The normalized spacial score (nSPS) is 14.3. The third-order valence-electron chi connectivity index (χ3n) is 4.55. The minimum Gasteiger partial charge on any atom is -0.383 e. The summed E-state index contributed by atoms with van der Waals surface area (Å²) in [5, 5.41) is 2.80. The first-order valence-corrected chi connectivity index (χ1v) is 8.73. The van der Waals surface area contributed by atoms with Crippen LogP contribution >= 0.6 is 0 Å². The average molecular weight is 366 g/mol. The maximum atomic E-state index is 12.9. The Morgan fingerprint density at radius 1 is 1.07 bits per heavy atom. The zero-order valence-electron chi connectivity index (χ0n) is 15.8. The molecule has 27 heavy (non-hydrogen) atoms. The number of hydrogen-bond acceptors (Lipinski definition) is 4. The number of aryl methyl sites for hydroxylation is 2. The van der Waals surface area contributed by atoms with E-state index in [4.69, 9.17) is 4.74 Å². The Morgan fingerprint density at radius 3 is 2.48 bits per heavy atom. The molecule has 1 atom stereocenters. The molecule has 6 heteroatoms. The molecule has 1 N–H and O–H groups in total. The second-order valence-corrected chi connectivity index (χ2v) is 6.83. The predicted octanol–water partition coefficient (Wildman–Crippen LogP) is 2.87. The summed E-state index contributed by atoms with van der Waals surface area (Å²) in [5.74, 6) is -1.10. The van der Waals surface area contributed by atoms with Gasteiger partial charge in [0.15, 0.2) is 0 Å². The van der Waals surface area contributed by atoms with Gasteiger partial charge in [0.25, 0.3) is 17.7 Å². The standard InChI is InChI=1S/C21H22N2O4/c1-12-5-6-13(2)18(9-12)23-20(25)16-8-7-15(10-17(16)21(23)26)19(24)22-14(3)11-27-4/h5-10,14H,11H2,1-4H3,(H,22,24). The maximum absolute atomic E-state index is 12.9. The van der Waals surface area contributed by atoms with Crippen molar-refractivity contribution in [2.75, 3.05) is 18.6 Å². The summed E-state index contributed by atoms with van der Waals surface area (Å²) in [7, 11) is 1.56. The van der Waals surface area contributed by atoms with Gasteiger partial charge in [0, 0.05) is 18.7 Å². The highest BCUT2D eigenvalue weighted by Crippen LogP contribution is 2.31. The predicted molar refractivity (Wildman–Crippen MR) is 102 cm³/mol. The summed E-state index contributed by atoms with van der Waals surface area (Å²) >= 11 is 0. The molecule has 1 unspecified atom stereocenters. The van der Waals surface area contributed by atoms with E-state index in [1.807, 2.05) is 39.0 Å². The first kappa shape index (κ1) is 18.8. The third-order valence-corrected chi connectivity index (χ3v) is 4.55. The zero-order chi connectivity index (χ0) is 19.7. The molecule has 140 valence electrons. The van der Waals surface area contributed by atoms with Crippen molar-refractivity contribution in [2.24, 2.45) is 0 Å². The number of fused-ring (bicyclic) bond motifs is 1. The van der Waals surface area contributed by atoms with Crippen molar-refractivity contribution in [1.29, 1.82) is 0 Å². The van der Waals surface area contributed by atoms with Gasteiger partial charge in [0.05, 0.1) is 23.4 Å². The number of nitrogens with one attached hydrogen (secondary N) is 1. The van der Waals surface area contributed by atoms with Crippen LogP contribution in [-0.4, -0.2) is 37.5 Å². The Labute approximate surface area is 158 Å². The summed E-state index contributed by atoms with van der Waals surface area (Å²) < 4.78 is 5.01. The molecule has 2 aromatic carbocycles. The van der Waals surface area contributed by atoms with Crippen LogP contribution in [0, 0.1) is 13.8 Å². The van der Waals surface area contributed by atoms with Gasteiger partial charge in [0.2, 0.25) is 0 Å². The Hall–Kier alpha value is -2.99. The lowest BCUT2D eigenvalue weighted by Gasteiger charge is -2.17. The molecule has 3 amide bonds. The fraction of sp³-hybridized carbons (Fsp3) is 0.286. The molecule has 0 aliphatic carbocycles. The molecular weight excluding hydrogens is 344 g/mol. The highest BCUT2D eigenvalue weighted by molar-refractivity contribution is 6.35. The van der Waals surface area contributed by atoms with Crippen LogP contribution in [0.15, 0.2) is 36.4 Å². The molecule has 3 rings (SSSR count). The highest BCUT2D eigenvalue weighted by atomic mass is 16.5. The van der Waals surface area contributed by atoms with Crippen LogP contribution in [-0.2, 0) is 4.74 Å². The zero-order valence-corrected chi connectivity index (χ0v) is 15.8. The fourth-order valence-corrected chi connectivity index (χ4v) is 3.16. The van der Waals surface area contributed by atoms with Crippen LogP contribution in [0.4, 0.5) is 5.69 Å². The monoisotopic (exact) mass is 366 g/mol.